The first-order chi connectivity index (χ1) is 10.2. The van der Waals surface area contributed by atoms with E-state index < -0.39 is 0 Å². The van der Waals surface area contributed by atoms with Gasteiger partial charge in [-0.15, -0.1) is 24.8 Å². The topological polar surface area (TPSA) is 59.2 Å². The molecule has 126 valence electrons. The Balaban J connectivity index is 0.00000132. The number of fused-ring (bicyclic) bond motifs is 1. The van der Waals surface area contributed by atoms with Crippen molar-refractivity contribution in [1.29, 1.82) is 0 Å². The van der Waals surface area contributed by atoms with Crippen molar-refractivity contribution in [3.8, 4) is 0 Å². The standard InChI is InChI=1S/C17H21N3O.2ClH/c1-12-10-15(14-7-2-3-8-16(14)19-12)17(21)20-9-5-4-6-13(20)11-18;;/h2-3,7-8,10,13H,4-6,9,11,18H2,1H3;2*1H. The fraction of sp³-hybridized carbons (Fsp3) is 0.412. The molecule has 1 amide bonds. The van der Waals surface area contributed by atoms with E-state index in [1.54, 1.807) is 0 Å². The molecule has 1 aromatic heterocycles. The van der Waals surface area contributed by atoms with Crippen LogP contribution < -0.4 is 5.73 Å². The number of nitrogens with two attached hydrogens (primary N) is 1. The Morgan fingerprint density at radius 3 is 2.78 bits per heavy atom. The molecule has 1 aliphatic heterocycles. The number of halogens is 2. The van der Waals surface area contributed by atoms with E-state index in [1.807, 2.05) is 42.2 Å². The monoisotopic (exact) mass is 355 g/mol. The van der Waals surface area contributed by atoms with E-state index in [9.17, 15) is 4.79 Å². The average molecular weight is 356 g/mol. The van der Waals surface area contributed by atoms with Crippen molar-refractivity contribution in [2.45, 2.75) is 32.2 Å². The van der Waals surface area contributed by atoms with Crippen molar-refractivity contribution < 1.29 is 4.79 Å². The Bertz CT molecular complexity index is 678. The number of aryl methyl sites for hydroxylation is 1. The fourth-order valence-corrected chi connectivity index (χ4v) is 3.15. The molecule has 0 radical (unpaired) electrons. The van der Waals surface area contributed by atoms with Crippen molar-refractivity contribution in [3.63, 3.8) is 0 Å². The number of likely N-dealkylation sites (tertiary alicyclic amines) is 1. The first-order valence-electron chi connectivity index (χ1n) is 7.58. The molecule has 1 aromatic carbocycles. The lowest BCUT2D eigenvalue weighted by Gasteiger charge is -2.35. The highest BCUT2D eigenvalue weighted by Gasteiger charge is 2.27. The molecular formula is C17H23Cl2N3O. The molecule has 2 N–H and O–H groups in total. The van der Waals surface area contributed by atoms with E-state index in [0.717, 1.165) is 48.0 Å². The van der Waals surface area contributed by atoms with Gasteiger partial charge in [0.2, 0.25) is 0 Å². The summed E-state index contributed by atoms with van der Waals surface area (Å²) in [4.78, 5) is 19.4. The first kappa shape index (κ1) is 19.7. The predicted octanol–water partition coefficient (Wildman–Crippen LogP) is 3.34. The number of nitrogens with zero attached hydrogens (tertiary/aromatic N) is 2. The molecule has 2 aromatic rings. The van der Waals surface area contributed by atoms with Crippen molar-refractivity contribution in [1.82, 2.24) is 9.88 Å². The van der Waals surface area contributed by atoms with Crippen LogP contribution in [0.3, 0.4) is 0 Å². The van der Waals surface area contributed by atoms with E-state index in [2.05, 4.69) is 4.98 Å². The van der Waals surface area contributed by atoms with E-state index in [0.29, 0.717) is 6.54 Å². The zero-order valence-electron chi connectivity index (χ0n) is 13.2. The minimum Gasteiger partial charge on any atom is -0.334 e. The highest BCUT2D eigenvalue weighted by Crippen LogP contribution is 2.24. The second-order valence-electron chi connectivity index (χ2n) is 5.71. The highest BCUT2D eigenvalue weighted by molar-refractivity contribution is 6.06. The van der Waals surface area contributed by atoms with Gasteiger partial charge in [-0.05, 0) is 38.3 Å². The third kappa shape index (κ3) is 3.94. The largest absolute Gasteiger partial charge is 0.334 e. The molecule has 1 atom stereocenters. The molecule has 0 saturated carbocycles. The molecule has 1 aliphatic rings. The van der Waals surface area contributed by atoms with Gasteiger partial charge in [0.1, 0.15) is 0 Å². The molecule has 0 aliphatic carbocycles. The predicted molar refractivity (Wildman–Crippen MR) is 98.7 cm³/mol. The highest BCUT2D eigenvalue weighted by atomic mass is 35.5. The van der Waals surface area contributed by atoms with Gasteiger partial charge in [0.25, 0.3) is 5.91 Å². The van der Waals surface area contributed by atoms with Crippen LogP contribution in [0.25, 0.3) is 10.9 Å². The Kier molecular flexibility index (Phi) is 7.26. The van der Waals surface area contributed by atoms with E-state index >= 15 is 0 Å². The molecule has 0 spiro atoms. The molecule has 2 heterocycles. The summed E-state index contributed by atoms with van der Waals surface area (Å²) in [5.41, 5.74) is 8.34. The lowest BCUT2D eigenvalue weighted by atomic mass is 9.99. The van der Waals surface area contributed by atoms with Gasteiger partial charge in [0.15, 0.2) is 0 Å². The maximum atomic E-state index is 13.0. The number of hydrogen-bond acceptors (Lipinski definition) is 3. The van der Waals surface area contributed by atoms with Gasteiger partial charge in [-0.3, -0.25) is 9.78 Å². The number of carbonyl (C=O) groups excluding carboxylic acids is 1. The number of pyridine rings is 1. The molecule has 1 saturated heterocycles. The third-order valence-electron chi connectivity index (χ3n) is 4.23. The number of para-hydroxylation sites is 1. The summed E-state index contributed by atoms with van der Waals surface area (Å²) in [6, 6.07) is 9.89. The second kappa shape index (κ2) is 8.48. The molecule has 1 unspecified atom stereocenters. The Labute approximate surface area is 149 Å². The van der Waals surface area contributed by atoms with Gasteiger partial charge < -0.3 is 10.6 Å². The second-order valence-corrected chi connectivity index (χ2v) is 5.71. The number of rotatable bonds is 2. The normalized spacial score (nSPS) is 17.3. The van der Waals surface area contributed by atoms with Gasteiger partial charge in [0.05, 0.1) is 11.1 Å². The maximum absolute atomic E-state index is 13.0. The van der Waals surface area contributed by atoms with Crippen LogP contribution in [-0.4, -0.2) is 34.9 Å². The molecule has 4 nitrogen and oxygen atoms in total. The molecule has 1 fully saturated rings. The van der Waals surface area contributed by atoms with Crippen molar-refractivity contribution in [3.05, 3.63) is 41.6 Å². The van der Waals surface area contributed by atoms with E-state index in [4.69, 9.17) is 5.73 Å². The average Bonchev–Trinajstić information content (AvgIpc) is 2.53. The van der Waals surface area contributed by atoms with Crippen LogP contribution in [0.2, 0.25) is 0 Å². The minimum atomic E-state index is 0. The van der Waals surface area contributed by atoms with Crippen LogP contribution in [0.4, 0.5) is 0 Å². The van der Waals surface area contributed by atoms with Crippen molar-refractivity contribution in [2.24, 2.45) is 5.73 Å². The summed E-state index contributed by atoms with van der Waals surface area (Å²) in [5.74, 6) is 0.0897. The Hall–Kier alpha value is -1.36. The number of amides is 1. The fourth-order valence-electron chi connectivity index (χ4n) is 3.15. The smallest absolute Gasteiger partial charge is 0.254 e. The van der Waals surface area contributed by atoms with E-state index in [1.165, 1.54) is 0 Å². The Morgan fingerprint density at radius 1 is 1.30 bits per heavy atom. The van der Waals surface area contributed by atoms with Crippen LogP contribution in [-0.2, 0) is 0 Å². The zero-order chi connectivity index (χ0) is 14.8. The van der Waals surface area contributed by atoms with Gasteiger partial charge in [-0.2, -0.15) is 0 Å². The number of benzene rings is 1. The number of piperidine rings is 1. The van der Waals surface area contributed by atoms with Crippen molar-refractivity contribution >= 4 is 41.6 Å². The minimum absolute atomic E-state index is 0. The molecule has 3 rings (SSSR count). The molecule has 23 heavy (non-hydrogen) atoms. The lowest BCUT2D eigenvalue weighted by Crippen LogP contribution is -2.47. The summed E-state index contributed by atoms with van der Waals surface area (Å²) in [5, 5.41) is 0.925. The first-order valence-corrected chi connectivity index (χ1v) is 7.58. The summed E-state index contributed by atoms with van der Waals surface area (Å²) in [6.07, 6.45) is 3.22. The number of carbonyl (C=O) groups is 1. The van der Waals surface area contributed by atoms with Gasteiger partial charge in [-0.25, -0.2) is 0 Å². The van der Waals surface area contributed by atoms with Crippen LogP contribution in [0, 0.1) is 6.92 Å². The lowest BCUT2D eigenvalue weighted by molar-refractivity contribution is 0.0625. The molecule has 6 heteroatoms. The third-order valence-corrected chi connectivity index (χ3v) is 4.23. The summed E-state index contributed by atoms with van der Waals surface area (Å²) in [7, 11) is 0. The van der Waals surface area contributed by atoms with Gasteiger partial charge in [0, 0.05) is 30.2 Å². The molecular weight excluding hydrogens is 333 g/mol. The Morgan fingerprint density at radius 2 is 2.04 bits per heavy atom. The van der Waals surface area contributed by atoms with E-state index in [-0.39, 0.29) is 36.8 Å². The quantitative estimate of drug-likeness (QED) is 0.898. The summed E-state index contributed by atoms with van der Waals surface area (Å²) < 4.78 is 0. The van der Waals surface area contributed by atoms with Crippen LogP contribution in [0.5, 0.6) is 0 Å². The maximum Gasteiger partial charge on any atom is 0.254 e. The van der Waals surface area contributed by atoms with Crippen molar-refractivity contribution in [2.75, 3.05) is 13.1 Å². The SMILES string of the molecule is Cc1cc(C(=O)N2CCCCC2CN)c2ccccc2n1.Cl.Cl. The number of hydrogen-bond donors (Lipinski definition) is 1. The zero-order valence-corrected chi connectivity index (χ0v) is 14.8. The molecule has 0 bridgehead atoms. The number of aromatic nitrogens is 1. The van der Waals surface area contributed by atoms with Crippen LogP contribution in [0.15, 0.2) is 30.3 Å². The summed E-state index contributed by atoms with van der Waals surface area (Å²) in [6.45, 7) is 3.27. The van der Waals surface area contributed by atoms with Crippen LogP contribution in [0.1, 0.15) is 35.3 Å². The van der Waals surface area contributed by atoms with Gasteiger partial charge >= 0.3 is 0 Å². The van der Waals surface area contributed by atoms with Gasteiger partial charge in [-0.1, -0.05) is 18.2 Å². The van der Waals surface area contributed by atoms with Crippen LogP contribution >= 0.6 is 24.8 Å². The summed E-state index contributed by atoms with van der Waals surface area (Å²) >= 11 is 0.